The molecule has 1 saturated heterocycles. The average Bonchev–Trinajstić information content (AvgIpc) is 2.37. The van der Waals surface area contributed by atoms with Crippen LogP contribution in [0.2, 0.25) is 0 Å². The molecule has 0 aromatic heterocycles. The Bertz CT molecular complexity index is 364. The molecule has 0 spiro atoms. The molecular formula is C14H20NO2+. The number of hydrogen-bond acceptors (Lipinski definition) is 2. The van der Waals surface area contributed by atoms with Gasteiger partial charge in [0.05, 0.1) is 6.04 Å². The number of hydrogen-bond donors (Lipinski definition) is 1. The van der Waals surface area contributed by atoms with Crippen molar-refractivity contribution in [2.45, 2.75) is 44.9 Å². The van der Waals surface area contributed by atoms with E-state index in [0.717, 1.165) is 18.4 Å². The second-order valence-corrected chi connectivity index (χ2v) is 4.80. The molecule has 0 amide bonds. The van der Waals surface area contributed by atoms with Gasteiger partial charge in [0.25, 0.3) is 0 Å². The van der Waals surface area contributed by atoms with Crippen LogP contribution in [0.3, 0.4) is 0 Å². The number of ether oxygens (including phenoxy) is 1. The van der Waals surface area contributed by atoms with E-state index in [1.807, 2.05) is 30.3 Å². The molecule has 17 heavy (non-hydrogen) atoms. The first-order valence-corrected chi connectivity index (χ1v) is 6.31. The molecule has 2 rings (SSSR count). The summed E-state index contributed by atoms with van der Waals surface area (Å²) in [6.07, 6.45) is 3.27. The number of carbonyl (C=O) groups excluding carboxylic acids is 1. The largest absolute Gasteiger partial charge is 0.456 e. The maximum Gasteiger partial charge on any atom is 0.365 e. The van der Waals surface area contributed by atoms with Gasteiger partial charge in [0.15, 0.2) is 6.04 Å². The lowest BCUT2D eigenvalue weighted by Gasteiger charge is -2.23. The molecular weight excluding hydrogens is 214 g/mol. The predicted octanol–water partition coefficient (Wildman–Crippen LogP) is 1.23. The van der Waals surface area contributed by atoms with Gasteiger partial charge in [0.1, 0.15) is 6.61 Å². The normalized spacial score (nSPS) is 24.3. The van der Waals surface area contributed by atoms with Gasteiger partial charge in [-0.1, -0.05) is 30.3 Å². The van der Waals surface area contributed by atoms with Crippen LogP contribution >= 0.6 is 0 Å². The number of nitrogens with two attached hydrogens (primary N) is 1. The number of piperidine rings is 1. The minimum Gasteiger partial charge on any atom is -0.456 e. The summed E-state index contributed by atoms with van der Waals surface area (Å²) >= 11 is 0. The van der Waals surface area contributed by atoms with Crippen LogP contribution in [-0.2, 0) is 16.1 Å². The van der Waals surface area contributed by atoms with Gasteiger partial charge >= 0.3 is 5.97 Å². The fourth-order valence-corrected chi connectivity index (χ4v) is 2.28. The highest BCUT2D eigenvalue weighted by Gasteiger charge is 2.29. The minimum absolute atomic E-state index is 0.00228. The monoisotopic (exact) mass is 234 g/mol. The van der Waals surface area contributed by atoms with Crippen LogP contribution in [0.25, 0.3) is 0 Å². The predicted molar refractivity (Wildman–Crippen MR) is 65.3 cm³/mol. The Morgan fingerprint density at radius 1 is 1.35 bits per heavy atom. The quantitative estimate of drug-likeness (QED) is 0.799. The first-order valence-electron chi connectivity index (χ1n) is 6.31. The number of benzene rings is 1. The maximum atomic E-state index is 11.9. The molecule has 1 heterocycles. The van der Waals surface area contributed by atoms with Gasteiger partial charge in [-0.2, -0.15) is 0 Å². The zero-order valence-corrected chi connectivity index (χ0v) is 10.3. The SMILES string of the molecule is C[C@H]1CCC[C@@H](C(=O)OCc2ccccc2)[NH2+]1. The van der Waals surface area contributed by atoms with Crippen LogP contribution in [0.4, 0.5) is 0 Å². The van der Waals surface area contributed by atoms with Gasteiger partial charge in [0, 0.05) is 6.42 Å². The van der Waals surface area contributed by atoms with Crippen molar-refractivity contribution in [2.75, 3.05) is 0 Å². The molecule has 1 aliphatic heterocycles. The van der Waals surface area contributed by atoms with E-state index < -0.39 is 0 Å². The van der Waals surface area contributed by atoms with Crippen LogP contribution in [0.5, 0.6) is 0 Å². The van der Waals surface area contributed by atoms with Crippen LogP contribution in [-0.4, -0.2) is 18.1 Å². The van der Waals surface area contributed by atoms with Crippen molar-refractivity contribution in [2.24, 2.45) is 0 Å². The van der Waals surface area contributed by atoms with Gasteiger partial charge in [-0.15, -0.1) is 0 Å². The van der Waals surface area contributed by atoms with E-state index in [0.29, 0.717) is 12.6 Å². The minimum atomic E-state index is -0.0691. The van der Waals surface area contributed by atoms with Gasteiger partial charge in [-0.25, -0.2) is 4.79 Å². The fraction of sp³-hybridized carbons (Fsp3) is 0.500. The second-order valence-electron chi connectivity index (χ2n) is 4.80. The summed E-state index contributed by atoms with van der Waals surface area (Å²) < 4.78 is 5.35. The number of quaternary nitrogens is 1. The van der Waals surface area contributed by atoms with E-state index in [1.54, 1.807) is 0 Å². The Labute approximate surface area is 102 Å². The van der Waals surface area contributed by atoms with Crippen LogP contribution in [0.15, 0.2) is 30.3 Å². The molecule has 1 fully saturated rings. The smallest absolute Gasteiger partial charge is 0.365 e. The molecule has 0 aliphatic carbocycles. The number of rotatable bonds is 3. The summed E-state index contributed by atoms with van der Waals surface area (Å²) in [6, 6.07) is 10.4. The second kappa shape index (κ2) is 5.82. The van der Waals surface area contributed by atoms with E-state index in [4.69, 9.17) is 4.74 Å². The molecule has 3 nitrogen and oxygen atoms in total. The zero-order valence-electron chi connectivity index (χ0n) is 10.3. The van der Waals surface area contributed by atoms with Gasteiger partial charge in [-0.05, 0) is 25.3 Å². The Hall–Kier alpha value is -1.35. The third-order valence-electron chi connectivity index (χ3n) is 3.26. The molecule has 0 bridgehead atoms. The Kier molecular flexibility index (Phi) is 4.15. The molecule has 1 aliphatic rings. The lowest BCUT2D eigenvalue weighted by molar-refractivity contribution is -0.716. The molecule has 2 N–H and O–H groups in total. The van der Waals surface area contributed by atoms with Crippen molar-refractivity contribution in [3.63, 3.8) is 0 Å². The van der Waals surface area contributed by atoms with E-state index in [9.17, 15) is 4.79 Å². The number of esters is 1. The molecule has 92 valence electrons. The van der Waals surface area contributed by atoms with E-state index in [-0.39, 0.29) is 12.0 Å². The first kappa shape index (κ1) is 12.1. The van der Waals surface area contributed by atoms with Crippen molar-refractivity contribution < 1.29 is 14.8 Å². The Balaban J connectivity index is 1.81. The number of carbonyl (C=O) groups is 1. The lowest BCUT2D eigenvalue weighted by Crippen LogP contribution is -2.97. The summed E-state index contributed by atoms with van der Waals surface area (Å²) in [6.45, 7) is 2.55. The third-order valence-corrected chi connectivity index (χ3v) is 3.26. The van der Waals surface area contributed by atoms with Crippen LogP contribution in [0.1, 0.15) is 31.7 Å². The van der Waals surface area contributed by atoms with Gasteiger partial charge < -0.3 is 10.1 Å². The zero-order chi connectivity index (χ0) is 12.1. The standard InChI is InChI=1S/C14H19NO2/c1-11-6-5-9-13(15-11)14(16)17-10-12-7-3-2-4-8-12/h2-4,7-8,11,13,15H,5-6,9-10H2,1H3/p+1/t11-,13-/m0/s1. The van der Waals surface area contributed by atoms with Crippen molar-refractivity contribution in [3.05, 3.63) is 35.9 Å². The van der Waals surface area contributed by atoms with E-state index in [1.165, 1.54) is 6.42 Å². The summed E-state index contributed by atoms with van der Waals surface area (Å²) in [4.78, 5) is 11.9. The van der Waals surface area contributed by atoms with Crippen LogP contribution < -0.4 is 5.32 Å². The van der Waals surface area contributed by atoms with Crippen LogP contribution in [0, 0.1) is 0 Å². The molecule has 0 saturated carbocycles. The highest BCUT2D eigenvalue weighted by molar-refractivity contribution is 5.74. The van der Waals surface area contributed by atoms with Crippen molar-refractivity contribution >= 4 is 5.97 Å². The Morgan fingerprint density at radius 3 is 2.82 bits per heavy atom. The Morgan fingerprint density at radius 2 is 2.12 bits per heavy atom. The summed E-state index contributed by atoms with van der Waals surface area (Å²) in [5, 5.41) is 2.14. The molecule has 0 unspecified atom stereocenters. The third kappa shape index (κ3) is 3.56. The average molecular weight is 234 g/mol. The summed E-state index contributed by atoms with van der Waals surface area (Å²) in [5.41, 5.74) is 1.05. The highest BCUT2D eigenvalue weighted by Crippen LogP contribution is 2.08. The van der Waals surface area contributed by atoms with Crippen molar-refractivity contribution in [1.29, 1.82) is 0 Å². The summed E-state index contributed by atoms with van der Waals surface area (Å²) in [5.74, 6) is -0.0691. The maximum absolute atomic E-state index is 11.9. The molecule has 2 atom stereocenters. The van der Waals surface area contributed by atoms with Crippen molar-refractivity contribution in [1.82, 2.24) is 0 Å². The summed E-state index contributed by atoms with van der Waals surface area (Å²) in [7, 11) is 0. The van der Waals surface area contributed by atoms with E-state index >= 15 is 0 Å². The van der Waals surface area contributed by atoms with Gasteiger partial charge in [0.2, 0.25) is 0 Å². The fourth-order valence-electron chi connectivity index (χ4n) is 2.28. The lowest BCUT2D eigenvalue weighted by atomic mass is 10.00. The first-order chi connectivity index (χ1) is 8.25. The molecule has 3 heteroatoms. The van der Waals surface area contributed by atoms with Crippen molar-refractivity contribution in [3.8, 4) is 0 Å². The highest BCUT2D eigenvalue weighted by atomic mass is 16.5. The van der Waals surface area contributed by atoms with Gasteiger partial charge in [-0.3, -0.25) is 0 Å². The molecule has 1 aromatic carbocycles. The molecule has 0 radical (unpaired) electrons. The molecule has 1 aromatic rings. The van der Waals surface area contributed by atoms with E-state index in [2.05, 4.69) is 12.2 Å². The topological polar surface area (TPSA) is 42.9 Å².